The molecule has 0 fully saturated rings. The van der Waals surface area contributed by atoms with E-state index in [4.69, 9.17) is 4.74 Å². The Morgan fingerprint density at radius 1 is 1.14 bits per heavy atom. The Kier molecular flexibility index (Phi) is 7.20. The second-order valence-corrected chi connectivity index (χ2v) is 8.49. The van der Waals surface area contributed by atoms with Crippen molar-refractivity contribution in [3.8, 4) is 5.75 Å². The molecule has 2 atom stereocenters. The molecular weight excluding hydrogens is 466 g/mol. The highest BCUT2D eigenvalue weighted by atomic mass is 16.5. The summed E-state index contributed by atoms with van der Waals surface area (Å²) >= 11 is 0. The number of aliphatic hydroxyl groups is 1. The minimum atomic E-state index is -1.12. The highest BCUT2D eigenvalue weighted by Gasteiger charge is 2.25. The molecule has 0 spiro atoms. The molecule has 11 nitrogen and oxygen atoms in total. The number of rotatable bonds is 10. The number of carboxylic acids is 1. The van der Waals surface area contributed by atoms with E-state index in [0.29, 0.717) is 5.75 Å². The molecule has 2 aromatic carbocycles. The third-order valence-corrected chi connectivity index (χ3v) is 5.81. The van der Waals surface area contributed by atoms with Gasteiger partial charge in [0.15, 0.2) is 11.2 Å². The first-order valence-corrected chi connectivity index (χ1v) is 11.3. The van der Waals surface area contributed by atoms with Crippen LogP contribution in [0.5, 0.6) is 5.75 Å². The standard InChI is InChI=1S/C25H27N5O6/c1-15-8-6-7-11-19(15)36-14-17(31)13-30-20-21(29(2)25(35)28-22(20)32)27-24(30)26-18(23(33)34)12-16-9-4-3-5-10-16/h3-11,17-18,31H,12-14H2,1-2H3,(H,26,27)(H,33,34)(H,28,32,35)/t17-,18-/m1/s1. The van der Waals surface area contributed by atoms with E-state index in [1.54, 1.807) is 6.07 Å². The molecule has 0 aliphatic heterocycles. The molecule has 2 aromatic heterocycles. The molecule has 0 amide bonds. The minimum Gasteiger partial charge on any atom is -0.491 e. The van der Waals surface area contributed by atoms with Crippen LogP contribution in [0.2, 0.25) is 0 Å². The van der Waals surface area contributed by atoms with Crippen LogP contribution in [0.4, 0.5) is 5.95 Å². The predicted molar refractivity (Wildman–Crippen MR) is 133 cm³/mol. The van der Waals surface area contributed by atoms with E-state index in [2.05, 4.69) is 15.3 Å². The van der Waals surface area contributed by atoms with E-state index in [0.717, 1.165) is 15.7 Å². The first kappa shape index (κ1) is 24.7. The molecule has 188 valence electrons. The van der Waals surface area contributed by atoms with Crippen LogP contribution < -0.4 is 21.3 Å². The Labute approximate surface area is 205 Å². The summed E-state index contributed by atoms with van der Waals surface area (Å²) in [5.41, 5.74) is 0.413. The zero-order valence-electron chi connectivity index (χ0n) is 19.8. The lowest BCUT2D eigenvalue weighted by atomic mass is 10.1. The maximum atomic E-state index is 12.7. The van der Waals surface area contributed by atoms with Crippen LogP contribution in [0.1, 0.15) is 11.1 Å². The van der Waals surface area contributed by atoms with Crippen LogP contribution in [-0.4, -0.2) is 54.0 Å². The van der Waals surface area contributed by atoms with E-state index in [9.17, 15) is 24.6 Å². The Morgan fingerprint density at radius 3 is 2.53 bits per heavy atom. The van der Waals surface area contributed by atoms with Gasteiger partial charge in [0, 0.05) is 13.5 Å². The van der Waals surface area contributed by atoms with Crippen molar-refractivity contribution >= 4 is 23.1 Å². The average Bonchev–Trinajstić information content (AvgIpc) is 3.20. The normalized spacial score (nSPS) is 12.9. The Balaban J connectivity index is 1.67. The van der Waals surface area contributed by atoms with E-state index in [1.807, 2.05) is 55.5 Å². The smallest absolute Gasteiger partial charge is 0.329 e. The number of hydrogen-bond donors (Lipinski definition) is 4. The first-order valence-electron chi connectivity index (χ1n) is 11.3. The van der Waals surface area contributed by atoms with E-state index >= 15 is 0 Å². The number of hydrogen-bond acceptors (Lipinski definition) is 7. The fourth-order valence-electron chi connectivity index (χ4n) is 3.90. The number of aryl methyl sites for hydroxylation is 2. The summed E-state index contributed by atoms with van der Waals surface area (Å²) in [6.07, 6.45) is -0.926. The van der Waals surface area contributed by atoms with Gasteiger partial charge in [-0.05, 0) is 24.1 Å². The number of aliphatic carboxylic acids is 1. The van der Waals surface area contributed by atoms with Gasteiger partial charge in [-0.1, -0.05) is 48.5 Å². The average molecular weight is 494 g/mol. The molecule has 11 heteroatoms. The maximum Gasteiger partial charge on any atom is 0.329 e. The van der Waals surface area contributed by atoms with Gasteiger partial charge in [0.05, 0.1) is 6.54 Å². The zero-order valence-corrected chi connectivity index (χ0v) is 19.8. The predicted octanol–water partition coefficient (Wildman–Crippen LogP) is 1.28. The van der Waals surface area contributed by atoms with Crippen LogP contribution in [-0.2, 0) is 24.8 Å². The minimum absolute atomic E-state index is 0.0263. The van der Waals surface area contributed by atoms with Crippen LogP contribution in [0.3, 0.4) is 0 Å². The molecule has 2 heterocycles. The number of ether oxygens (including phenoxy) is 1. The monoisotopic (exact) mass is 493 g/mol. The van der Waals surface area contributed by atoms with Gasteiger partial charge in [-0.2, -0.15) is 4.98 Å². The summed E-state index contributed by atoms with van der Waals surface area (Å²) in [7, 11) is 1.44. The highest BCUT2D eigenvalue weighted by molar-refractivity contribution is 5.79. The van der Waals surface area contributed by atoms with Crippen molar-refractivity contribution in [2.75, 3.05) is 11.9 Å². The van der Waals surface area contributed by atoms with E-state index < -0.39 is 29.4 Å². The number of nitrogens with one attached hydrogen (secondary N) is 2. The van der Waals surface area contributed by atoms with E-state index in [1.165, 1.54) is 11.6 Å². The third-order valence-electron chi connectivity index (χ3n) is 5.81. The van der Waals surface area contributed by atoms with Crippen molar-refractivity contribution in [2.45, 2.75) is 32.0 Å². The van der Waals surface area contributed by atoms with Crippen molar-refractivity contribution in [1.82, 2.24) is 19.1 Å². The van der Waals surface area contributed by atoms with Crippen LogP contribution >= 0.6 is 0 Å². The van der Waals surface area contributed by atoms with Crippen molar-refractivity contribution in [3.63, 3.8) is 0 Å². The number of aromatic amines is 1. The molecule has 0 aliphatic rings. The van der Waals surface area contributed by atoms with Gasteiger partial charge in [0.25, 0.3) is 5.56 Å². The van der Waals surface area contributed by atoms with Gasteiger partial charge in [-0.15, -0.1) is 0 Å². The SMILES string of the molecule is Cc1ccccc1OC[C@H](O)Cn1c(N[C@H](Cc2ccccc2)C(=O)O)nc2c1c(=O)[nH]c(=O)n2C. The fraction of sp³-hybridized carbons (Fsp3) is 0.280. The second kappa shape index (κ2) is 10.5. The molecule has 0 unspecified atom stereocenters. The summed E-state index contributed by atoms with van der Waals surface area (Å²) in [5.74, 6) is -0.474. The van der Waals surface area contributed by atoms with Crippen molar-refractivity contribution < 1.29 is 19.7 Å². The number of nitrogens with zero attached hydrogens (tertiary/aromatic N) is 3. The van der Waals surface area contributed by atoms with Gasteiger partial charge >= 0.3 is 11.7 Å². The number of H-pyrrole nitrogens is 1. The summed E-state index contributed by atoms with van der Waals surface area (Å²) < 4.78 is 8.26. The lowest BCUT2D eigenvalue weighted by Crippen LogP contribution is -2.34. The highest BCUT2D eigenvalue weighted by Crippen LogP contribution is 2.20. The summed E-state index contributed by atoms with van der Waals surface area (Å²) in [6.45, 7) is 1.66. The van der Waals surface area contributed by atoms with Crippen LogP contribution in [0, 0.1) is 6.92 Å². The fourth-order valence-corrected chi connectivity index (χ4v) is 3.90. The Bertz CT molecular complexity index is 1490. The lowest BCUT2D eigenvalue weighted by molar-refractivity contribution is -0.137. The molecule has 0 saturated heterocycles. The summed E-state index contributed by atoms with van der Waals surface area (Å²) in [4.78, 5) is 43.5. The molecule has 36 heavy (non-hydrogen) atoms. The molecule has 4 N–H and O–H groups in total. The number of carboxylic acid groups (broad SMARTS) is 1. The maximum absolute atomic E-state index is 12.7. The van der Waals surface area contributed by atoms with Gasteiger partial charge in [-0.3, -0.25) is 14.3 Å². The van der Waals surface area contributed by atoms with Crippen molar-refractivity contribution in [1.29, 1.82) is 0 Å². The molecule has 0 bridgehead atoms. The van der Waals surface area contributed by atoms with Gasteiger partial charge < -0.3 is 24.8 Å². The van der Waals surface area contributed by atoms with E-state index in [-0.39, 0.29) is 36.7 Å². The molecule has 0 saturated carbocycles. The third kappa shape index (κ3) is 5.31. The van der Waals surface area contributed by atoms with Gasteiger partial charge in [0.2, 0.25) is 5.95 Å². The number of anilines is 1. The largest absolute Gasteiger partial charge is 0.491 e. The number of aliphatic hydroxyl groups excluding tert-OH is 1. The van der Waals surface area contributed by atoms with Crippen molar-refractivity contribution in [3.05, 3.63) is 86.6 Å². The zero-order chi connectivity index (χ0) is 25.8. The number of imidazole rings is 1. The van der Waals surface area contributed by atoms with Crippen LogP contribution in [0.15, 0.2) is 64.2 Å². The lowest BCUT2D eigenvalue weighted by Gasteiger charge is -2.19. The Hall–Kier alpha value is -4.38. The molecule has 4 rings (SSSR count). The number of aromatic nitrogens is 4. The first-order chi connectivity index (χ1) is 17.2. The summed E-state index contributed by atoms with van der Waals surface area (Å²) in [5, 5.41) is 23.5. The second-order valence-electron chi connectivity index (χ2n) is 8.49. The topological polar surface area (TPSA) is 151 Å². The summed E-state index contributed by atoms with van der Waals surface area (Å²) in [6, 6.07) is 15.3. The molecular formula is C25H27N5O6. The quantitative estimate of drug-likeness (QED) is 0.258. The number of para-hydroxylation sites is 1. The van der Waals surface area contributed by atoms with Gasteiger partial charge in [-0.25, -0.2) is 9.59 Å². The Morgan fingerprint density at radius 2 is 1.83 bits per heavy atom. The molecule has 0 aliphatic carbocycles. The number of benzene rings is 2. The number of fused-ring (bicyclic) bond motifs is 1. The molecule has 0 radical (unpaired) electrons. The van der Waals surface area contributed by atoms with Gasteiger partial charge in [0.1, 0.15) is 24.5 Å². The van der Waals surface area contributed by atoms with Crippen LogP contribution in [0.25, 0.3) is 11.2 Å². The number of carbonyl (C=O) groups is 1. The van der Waals surface area contributed by atoms with Crippen molar-refractivity contribution in [2.24, 2.45) is 7.05 Å². The molecule has 4 aromatic rings.